The highest BCUT2D eigenvalue weighted by atomic mass is 32.1. The van der Waals surface area contributed by atoms with Crippen LogP contribution >= 0.6 is 12.2 Å². The molecule has 0 spiro atoms. The first-order chi connectivity index (χ1) is 8.04. The zero-order valence-electron chi connectivity index (χ0n) is 9.27. The molecule has 0 aliphatic heterocycles. The Balaban J connectivity index is 2.79. The summed E-state index contributed by atoms with van der Waals surface area (Å²) in [5, 5.41) is 26.0. The predicted molar refractivity (Wildman–Crippen MR) is 69.3 cm³/mol. The van der Waals surface area contributed by atoms with E-state index in [-0.39, 0.29) is 17.1 Å². The first-order valence-electron chi connectivity index (χ1n) is 5.07. The number of aromatic hydroxyl groups is 1. The largest absolute Gasteiger partial charge is 0.506 e. The predicted octanol–water partition coefficient (Wildman–Crippen LogP) is 2.00. The second-order valence-electron chi connectivity index (χ2n) is 3.34. The van der Waals surface area contributed by atoms with Crippen LogP contribution in [0.1, 0.15) is 13.3 Å². The Kier molecular flexibility index (Phi) is 4.65. The standard InChI is InChI=1S/C10H13N3O3S/c1-2-5-11-10(17)12-8-6-7(13(15)16)3-4-9(8)14/h3-4,6,14H,2,5H2,1H3,(H2,11,12,17). The molecule has 0 aliphatic rings. The highest BCUT2D eigenvalue weighted by Gasteiger charge is 2.10. The smallest absolute Gasteiger partial charge is 0.271 e. The van der Waals surface area contributed by atoms with E-state index in [9.17, 15) is 15.2 Å². The van der Waals surface area contributed by atoms with Crippen LogP contribution in [0.3, 0.4) is 0 Å². The molecule has 0 aliphatic carbocycles. The van der Waals surface area contributed by atoms with Gasteiger partial charge in [-0.3, -0.25) is 10.1 Å². The topological polar surface area (TPSA) is 87.4 Å². The van der Waals surface area contributed by atoms with Gasteiger partial charge in [-0.25, -0.2) is 0 Å². The van der Waals surface area contributed by atoms with Crippen LogP contribution in [0.2, 0.25) is 0 Å². The lowest BCUT2D eigenvalue weighted by Gasteiger charge is -2.10. The molecule has 0 saturated carbocycles. The van der Waals surface area contributed by atoms with E-state index in [0.717, 1.165) is 6.42 Å². The molecule has 0 aromatic heterocycles. The van der Waals surface area contributed by atoms with Crippen molar-refractivity contribution in [3.05, 3.63) is 28.3 Å². The van der Waals surface area contributed by atoms with Gasteiger partial charge in [-0.1, -0.05) is 6.92 Å². The fraction of sp³-hybridized carbons (Fsp3) is 0.300. The average molecular weight is 255 g/mol. The Hall–Kier alpha value is -1.89. The number of nitro groups is 1. The number of nitrogens with one attached hydrogen (secondary N) is 2. The summed E-state index contributed by atoms with van der Waals surface area (Å²) >= 11 is 4.97. The van der Waals surface area contributed by atoms with Gasteiger partial charge in [0.15, 0.2) is 5.11 Å². The van der Waals surface area contributed by atoms with Crippen LogP contribution in [0.4, 0.5) is 11.4 Å². The molecule has 0 bridgehead atoms. The zero-order chi connectivity index (χ0) is 12.8. The maximum Gasteiger partial charge on any atom is 0.271 e. The van der Waals surface area contributed by atoms with Gasteiger partial charge in [0.1, 0.15) is 5.75 Å². The molecule has 1 aromatic carbocycles. The molecule has 0 atom stereocenters. The molecular formula is C10H13N3O3S. The van der Waals surface area contributed by atoms with Gasteiger partial charge < -0.3 is 15.7 Å². The van der Waals surface area contributed by atoms with Gasteiger partial charge in [0.2, 0.25) is 0 Å². The number of non-ortho nitro benzene ring substituents is 1. The van der Waals surface area contributed by atoms with Crippen LogP contribution in [0.25, 0.3) is 0 Å². The molecule has 3 N–H and O–H groups in total. The van der Waals surface area contributed by atoms with Crippen molar-refractivity contribution in [3.63, 3.8) is 0 Å². The number of nitro benzene ring substituents is 1. The summed E-state index contributed by atoms with van der Waals surface area (Å²) in [4.78, 5) is 10.0. The van der Waals surface area contributed by atoms with Crippen LogP contribution in [-0.2, 0) is 0 Å². The van der Waals surface area contributed by atoms with E-state index in [1.807, 2.05) is 6.92 Å². The summed E-state index contributed by atoms with van der Waals surface area (Å²) in [5.41, 5.74) is 0.108. The Bertz CT molecular complexity index is 437. The van der Waals surface area contributed by atoms with Crippen LogP contribution in [0, 0.1) is 10.1 Å². The van der Waals surface area contributed by atoms with Crippen LogP contribution in [0.15, 0.2) is 18.2 Å². The summed E-state index contributed by atoms with van der Waals surface area (Å²) in [7, 11) is 0. The molecule has 92 valence electrons. The minimum atomic E-state index is -0.535. The van der Waals surface area contributed by atoms with Gasteiger partial charge in [0.25, 0.3) is 5.69 Å². The van der Waals surface area contributed by atoms with Gasteiger partial charge in [-0.2, -0.15) is 0 Å². The highest BCUT2D eigenvalue weighted by Crippen LogP contribution is 2.27. The second kappa shape index (κ2) is 6.00. The van der Waals surface area contributed by atoms with Crippen molar-refractivity contribution in [2.45, 2.75) is 13.3 Å². The number of hydrogen-bond donors (Lipinski definition) is 3. The molecule has 0 heterocycles. The third-order valence-electron chi connectivity index (χ3n) is 1.97. The fourth-order valence-corrected chi connectivity index (χ4v) is 1.35. The average Bonchev–Trinajstić information content (AvgIpc) is 2.29. The van der Waals surface area contributed by atoms with Gasteiger partial charge in [-0.05, 0) is 24.7 Å². The summed E-state index contributed by atoms with van der Waals surface area (Å²) in [6.07, 6.45) is 0.905. The van der Waals surface area contributed by atoms with Gasteiger partial charge in [0, 0.05) is 18.7 Å². The van der Waals surface area contributed by atoms with E-state index in [1.54, 1.807) is 0 Å². The number of thiocarbonyl (C=S) groups is 1. The van der Waals surface area contributed by atoms with Gasteiger partial charge in [-0.15, -0.1) is 0 Å². The third-order valence-corrected chi connectivity index (χ3v) is 2.22. The van der Waals surface area contributed by atoms with E-state index in [2.05, 4.69) is 10.6 Å². The summed E-state index contributed by atoms with van der Waals surface area (Å²) in [5.74, 6) is -0.0868. The normalized spacial score (nSPS) is 9.71. The van der Waals surface area contributed by atoms with Crippen molar-refractivity contribution < 1.29 is 10.0 Å². The lowest BCUT2D eigenvalue weighted by atomic mass is 10.2. The number of hydrogen-bond acceptors (Lipinski definition) is 4. The SMILES string of the molecule is CCCNC(=S)Nc1cc([N+](=O)[O-])ccc1O. The van der Waals surface area contributed by atoms with Crippen molar-refractivity contribution >= 4 is 28.7 Å². The lowest BCUT2D eigenvalue weighted by Crippen LogP contribution is -2.28. The summed E-state index contributed by atoms with van der Waals surface area (Å²) in [6.45, 7) is 2.68. The van der Waals surface area contributed by atoms with Crippen LogP contribution in [-0.4, -0.2) is 21.7 Å². The number of benzene rings is 1. The number of anilines is 1. The zero-order valence-corrected chi connectivity index (χ0v) is 10.1. The Morgan fingerprint density at radius 1 is 1.59 bits per heavy atom. The Morgan fingerprint density at radius 3 is 2.88 bits per heavy atom. The second-order valence-corrected chi connectivity index (χ2v) is 3.75. The van der Waals surface area contributed by atoms with Gasteiger partial charge >= 0.3 is 0 Å². The molecule has 1 rings (SSSR count). The first kappa shape index (κ1) is 13.2. The molecule has 0 saturated heterocycles. The monoisotopic (exact) mass is 255 g/mol. The third kappa shape index (κ3) is 3.87. The molecule has 0 amide bonds. The lowest BCUT2D eigenvalue weighted by molar-refractivity contribution is -0.384. The number of phenolic OH excluding ortho intramolecular Hbond substituents is 1. The fourth-order valence-electron chi connectivity index (χ4n) is 1.14. The molecule has 17 heavy (non-hydrogen) atoms. The van der Waals surface area contributed by atoms with Crippen molar-refractivity contribution in [3.8, 4) is 5.75 Å². The van der Waals surface area contributed by atoms with Crippen molar-refractivity contribution in [1.82, 2.24) is 5.32 Å². The first-order valence-corrected chi connectivity index (χ1v) is 5.47. The highest BCUT2D eigenvalue weighted by molar-refractivity contribution is 7.80. The van der Waals surface area contributed by atoms with E-state index in [4.69, 9.17) is 12.2 Å². The van der Waals surface area contributed by atoms with Crippen LogP contribution in [0.5, 0.6) is 5.75 Å². The Labute approximate surface area is 104 Å². The van der Waals surface area contributed by atoms with E-state index < -0.39 is 4.92 Å². The number of phenols is 1. The quantitative estimate of drug-likeness (QED) is 0.330. The molecular weight excluding hydrogens is 242 g/mol. The minimum absolute atomic E-state index is 0.0868. The van der Waals surface area contributed by atoms with Crippen LogP contribution < -0.4 is 10.6 Å². The summed E-state index contributed by atoms with van der Waals surface area (Å²) in [6, 6.07) is 3.71. The van der Waals surface area contributed by atoms with Gasteiger partial charge in [0.05, 0.1) is 10.6 Å². The van der Waals surface area contributed by atoms with E-state index in [0.29, 0.717) is 11.7 Å². The Morgan fingerprint density at radius 2 is 2.29 bits per heavy atom. The molecule has 7 heteroatoms. The molecule has 1 aromatic rings. The maximum atomic E-state index is 10.6. The summed E-state index contributed by atoms with van der Waals surface area (Å²) < 4.78 is 0. The number of nitrogens with zero attached hydrogens (tertiary/aromatic N) is 1. The van der Waals surface area contributed by atoms with E-state index in [1.165, 1.54) is 18.2 Å². The molecule has 0 radical (unpaired) electrons. The maximum absolute atomic E-state index is 10.6. The van der Waals surface area contributed by atoms with Crippen molar-refractivity contribution in [2.75, 3.05) is 11.9 Å². The van der Waals surface area contributed by atoms with Crippen molar-refractivity contribution in [2.24, 2.45) is 0 Å². The molecule has 6 nitrogen and oxygen atoms in total. The van der Waals surface area contributed by atoms with E-state index >= 15 is 0 Å². The minimum Gasteiger partial charge on any atom is -0.506 e. The molecule has 0 unspecified atom stereocenters. The van der Waals surface area contributed by atoms with Crippen molar-refractivity contribution in [1.29, 1.82) is 0 Å². The molecule has 0 fully saturated rings. The number of rotatable bonds is 4.